The van der Waals surface area contributed by atoms with Gasteiger partial charge in [-0.25, -0.2) is 4.79 Å². The molecule has 0 unspecified atom stereocenters. The standard InChI is InChI=1S/C20H23NO4/c1-12-6-7-16(22)14(8-12)10-17(23)18-13(2)9-15(11-21-18)19(24)25-20(3,4)5/h6-9,11,22H,10H2,1-5H3. The SMILES string of the molecule is Cc1ccc(O)c(CC(=O)c2ncc(C(=O)OC(C)(C)C)cc2C)c1. The molecule has 0 radical (unpaired) electrons. The molecular weight excluding hydrogens is 318 g/mol. The minimum absolute atomic E-state index is 0.0487. The molecule has 0 saturated heterocycles. The molecule has 0 aliphatic rings. The Hall–Kier alpha value is -2.69. The summed E-state index contributed by atoms with van der Waals surface area (Å²) in [5, 5.41) is 9.89. The van der Waals surface area contributed by atoms with Gasteiger partial charge < -0.3 is 9.84 Å². The van der Waals surface area contributed by atoms with E-state index in [4.69, 9.17) is 4.74 Å². The van der Waals surface area contributed by atoms with Gasteiger partial charge in [0.25, 0.3) is 0 Å². The summed E-state index contributed by atoms with van der Waals surface area (Å²) in [5.74, 6) is -0.602. The van der Waals surface area contributed by atoms with E-state index in [9.17, 15) is 14.7 Å². The van der Waals surface area contributed by atoms with Gasteiger partial charge in [-0.05, 0) is 52.3 Å². The van der Waals surface area contributed by atoms with Crippen LogP contribution in [0.1, 0.15) is 58.3 Å². The number of carbonyl (C=O) groups is 2. The number of rotatable bonds is 4. The fourth-order valence-electron chi connectivity index (χ4n) is 2.43. The third-order valence-electron chi connectivity index (χ3n) is 3.56. The maximum atomic E-state index is 12.5. The average Bonchev–Trinajstić information content (AvgIpc) is 2.49. The van der Waals surface area contributed by atoms with E-state index in [0.717, 1.165) is 5.56 Å². The largest absolute Gasteiger partial charge is 0.508 e. The predicted octanol–water partition coefficient (Wildman–Crippen LogP) is 3.78. The topological polar surface area (TPSA) is 76.5 Å². The van der Waals surface area contributed by atoms with Gasteiger partial charge in [-0.3, -0.25) is 9.78 Å². The molecule has 132 valence electrons. The highest BCUT2D eigenvalue weighted by molar-refractivity contribution is 5.98. The Labute approximate surface area is 147 Å². The number of Topliss-reactive ketones (excluding diaryl/α,β-unsaturated/α-hetero) is 1. The van der Waals surface area contributed by atoms with Gasteiger partial charge in [0.05, 0.1) is 5.56 Å². The van der Waals surface area contributed by atoms with Crippen molar-refractivity contribution >= 4 is 11.8 Å². The van der Waals surface area contributed by atoms with Gasteiger partial charge in [0, 0.05) is 18.2 Å². The number of carbonyl (C=O) groups excluding carboxylic acids is 2. The smallest absolute Gasteiger partial charge is 0.340 e. The maximum absolute atomic E-state index is 12.5. The Morgan fingerprint density at radius 2 is 1.84 bits per heavy atom. The second-order valence-electron chi connectivity index (χ2n) is 7.12. The monoisotopic (exact) mass is 341 g/mol. The molecular formula is C20H23NO4. The molecule has 0 aliphatic carbocycles. The zero-order valence-electron chi connectivity index (χ0n) is 15.2. The van der Waals surface area contributed by atoms with Crippen molar-refractivity contribution in [3.63, 3.8) is 0 Å². The number of aromatic hydroxyl groups is 1. The summed E-state index contributed by atoms with van der Waals surface area (Å²) in [4.78, 5) is 28.8. The van der Waals surface area contributed by atoms with Crippen LogP contribution in [0.2, 0.25) is 0 Å². The summed E-state index contributed by atoms with van der Waals surface area (Å²) in [6.07, 6.45) is 1.40. The van der Waals surface area contributed by atoms with Crippen molar-refractivity contribution in [3.8, 4) is 5.75 Å². The first-order valence-corrected chi connectivity index (χ1v) is 8.08. The first-order chi connectivity index (χ1) is 11.6. The Bertz CT molecular complexity index is 819. The predicted molar refractivity (Wildman–Crippen MR) is 95.0 cm³/mol. The van der Waals surface area contributed by atoms with Gasteiger partial charge in [-0.15, -0.1) is 0 Å². The second kappa shape index (κ2) is 7.05. The molecule has 1 heterocycles. The van der Waals surface area contributed by atoms with E-state index in [1.54, 1.807) is 52.0 Å². The van der Waals surface area contributed by atoms with E-state index < -0.39 is 11.6 Å². The number of aryl methyl sites for hydroxylation is 2. The fraction of sp³-hybridized carbons (Fsp3) is 0.350. The van der Waals surface area contributed by atoms with E-state index >= 15 is 0 Å². The van der Waals surface area contributed by atoms with Crippen molar-refractivity contribution in [3.05, 3.63) is 58.4 Å². The Balaban J connectivity index is 2.21. The third-order valence-corrected chi connectivity index (χ3v) is 3.56. The molecule has 0 saturated carbocycles. The van der Waals surface area contributed by atoms with Crippen LogP contribution in [0.4, 0.5) is 0 Å². The molecule has 1 aromatic carbocycles. The molecule has 0 atom stereocenters. The van der Waals surface area contributed by atoms with E-state index in [2.05, 4.69) is 4.98 Å². The zero-order chi connectivity index (χ0) is 18.8. The molecule has 25 heavy (non-hydrogen) atoms. The van der Waals surface area contributed by atoms with Crippen LogP contribution >= 0.6 is 0 Å². The molecule has 0 spiro atoms. The van der Waals surface area contributed by atoms with E-state index in [0.29, 0.717) is 16.7 Å². The number of pyridine rings is 1. The summed E-state index contributed by atoms with van der Waals surface area (Å²) in [6.45, 7) is 8.99. The number of phenols is 1. The van der Waals surface area contributed by atoms with Gasteiger partial charge in [0.15, 0.2) is 5.78 Å². The van der Waals surface area contributed by atoms with Crippen molar-refractivity contribution < 1.29 is 19.4 Å². The van der Waals surface area contributed by atoms with E-state index in [1.165, 1.54) is 6.20 Å². The molecule has 5 heteroatoms. The number of hydrogen-bond donors (Lipinski definition) is 1. The fourth-order valence-corrected chi connectivity index (χ4v) is 2.43. The number of aromatic nitrogens is 1. The number of benzene rings is 1. The van der Waals surface area contributed by atoms with Crippen molar-refractivity contribution in [1.82, 2.24) is 4.98 Å². The van der Waals surface area contributed by atoms with Crippen LogP contribution in [0.15, 0.2) is 30.5 Å². The molecule has 1 N–H and O–H groups in total. The van der Waals surface area contributed by atoms with Crippen molar-refractivity contribution in [2.24, 2.45) is 0 Å². The lowest BCUT2D eigenvalue weighted by molar-refractivity contribution is 0.00687. The quantitative estimate of drug-likeness (QED) is 0.676. The third kappa shape index (κ3) is 4.89. The maximum Gasteiger partial charge on any atom is 0.340 e. The summed E-state index contributed by atoms with van der Waals surface area (Å²) in [5.41, 5.74) is 2.12. The first kappa shape index (κ1) is 18.6. The summed E-state index contributed by atoms with van der Waals surface area (Å²) in [6, 6.07) is 6.73. The van der Waals surface area contributed by atoms with E-state index in [-0.39, 0.29) is 23.6 Å². The second-order valence-corrected chi connectivity index (χ2v) is 7.12. The average molecular weight is 341 g/mol. The molecule has 0 aliphatic heterocycles. The van der Waals surface area contributed by atoms with Crippen LogP contribution < -0.4 is 0 Å². The summed E-state index contributed by atoms with van der Waals surface area (Å²) < 4.78 is 5.31. The normalized spacial score (nSPS) is 11.2. The lowest BCUT2D eigenvalue weighted by Crippen LogP contribution is -2.24. The number of hydrogen-bond acceptors (Lipinski definition) is 5. The highest BCUT2D eigenvalue weighted by Crippen LogP contribution is 2.21. The minimum Gasteiger partial charge on any atom is -0.508 e. The number of phenolic OH excluding ortho intramolecular Hbond substituents is 1. The highest BCUT2D eigenvalue weighted by atomic mass is 16.6. The Morgan fingerprint density at radius 3 is 2.44 bits per heavy atom. The van der Waals surface area contributed by atoms with Gasteiger partial charge >= 0.3 is 5.97 Å². The summed E-state index contributed by atoms with van der Waals surface area (Å²) in [7, 11) is 0. The molecule has 2 rings (SSSR count). The number of esters is 1. The molecule has 0 fully saturated rings. The van der Waals surface area contributed by atoms with Gasteiger partial charge in [-0.1, -0.05) is 17.7 Å². The highest BCUT2D eigenvalue weighted by Gasteiger charge is 2.20. The van der Waals surface area contributed by atoms with E-state index in [1.807, 2.05) is 6.92 Å². The van der Waals surface area contributed by atoms with Crippen LogP contribution in [0.3, 0.4) is 0 Å². The number of ether oxygens (including phenoxy) is 1. The molecule has 0 bridgehead atoms. The van der Waals surface area contributed by atoms with Crippen LogP contribution in [-0.2, 0) is 11.2 Å². The van der Waals surface area contributed by atoms with Gasteiger partial charge in [-0.2, -0.15) is 0 Å². The van der Waals surface area contributed by atoms with Crippen molar-refractivity contribution in [1.29, 1.82) is 0 Å². The zero-order valence-corrected chi connectivity index (χ0v) is 15.2. The van der Waals surface area contributed by atoms with Gasteiger partial charge in [0.1, 0.15) is 17.0 Å². The Morgan fingerprint density at radius 1 is 1.16 bits per heavy atom. The minimum atomic E-state index is -0.595. The molecule has 5 nitrogen and oxygen atoms in total. The number of ketones is 1. The lowest BCUT2D eigenvalue weighted by atomic mass is 10.0. The molecule has 2 aromatic rings. The molecule has 1 aromatic heterocycles. The van der Waals surface area contributed by atoms with Gasteiger partial charge in [0.2, 0.25) is 0 Å². The first-order valence-electron chi connectivity index (χ1n) is 8.08. The van der Waals surface area contributed by atoms with Crippen molar-refractivity contribution in [2.75, 3.05) is 0 Å². The number of nitrogens with zero attached hydrogens (tertiary/aromatic N) is 1. The summed E-state index contributed by atoms with van der Waals surface area (Å²) >= 11 is 0. The van der Waals surface area contributed by atoms with Crippen LogP contribution in [-0.4, -0.2) is 27.4 Å². The van der Waals surface area contributed by atoms with Crippen LogP contribution in [0, 0.1) is 13.8 Å². The van der Waals surface area contributed by atoms with Crippen LogP contribution in [0.25, 0.3) is 0 Å². The van der Waals surface area contributed by atoms with Crippen LogP contribution in [0.5, 0.6) is 5.75 Å². The van der Waals surface area contributed by atoms with Crippen molar-refractivity contribution in [2.45, 2.75) is 46.6 Å². The molecule has 0 amide bonds. The lowest BCUT2D eigenvalue weighted by Gasteiger charge is -2.19. The Kier molecular flexibility index (Phi) is 5.26.